The summed E-state index contributed by atoms with van der Waals surface area (Å²) in [5, 5.41) is 9.35. The summed E-state index contributed by atoms with van der Waals surface area (Å²) in [6.07, 6.45) is 3.47. The van der Waals surface area contributed by atoms with E-state index >= 15 is 0 Å². The Kier molecular flexibility index (Phi) is 4.53. The standard InChI is InChI=1S/C16H24N2O2/c1-11(2)12-4-3-8-18(9-7-12)15-6-5-13(17)10-14(15)16(19)20/h5-6,10-12H,3-4,7-9,17H2,1-2H3,(H,19,20). The molecule has 0 amide bonds. The molecule has 1 fully saturated rings. The van der Waals surface area contributed by atoms with E-state index in [1.54, 1.807) is 12.1 Å². The van der Waals surface area contributed by atoms with Gasteiger partial charge in [0.15, 0.2) is 0 Å². The molecular formula is C16H24N2O2. The van der Waals surface area contributed by atoms with Crippen molar-refractivity contribution in [3.63, 3.8) is 0 Å². The summed E-state index contributed by atoms with van der Waals surface area (Å²) >= 11 is 0. The minimum Gasteiger partial charge on any atom is -0.478 e. The van der Waals surface area contributed by atoms with Gasteiger partial charge in [-0.2, -0.15) is 0 Å². The molecular weight excluding hydrogens is 252 g/mol. The number of nitrogen functional groups attached to an aromatic ring is 1. The van der Waals surface area contributed by atoms with Gasteiger partial charge in [0.2, 0.25) is 0 Å². The molecule has 0 saturated carbocycles. The van der Waals surface area contributed by atoms with Crippen LogP contribution in [0.4, 0.5) is 11.4 Å². The van der Waals surface area contributed by atoms with Crippen molar-refractivity contribution in [2.24, 2.45) is 11.8 Å². The Balaban J connectivity index is 2.21. The van der Waals surface area contributed by atoms with Gasteiger partial charge in [-0.25, -0.2) is 4.79 Å². The van der Waals surface area contributed by atoms with Crippen LogP contribution < -0.4 is 10.6 Å². The van der Waals surface area contributed by atoms with Crippen molar-refractivity contribution in [1.29, 1.82) is 0 Å². The van der Waals surface area contributed by atoms with Crippen molar-refractivity contribution < 1.29 is 9.90 Å². The van der Waals surface area contributed by atoms with Gasteiger partial charge in [-0.05, 0) is 49.3 Å². The van der Waals surface area contributed by atoms with E-state index in [0.717, 1.165) is 37.5 Å². The van der Waals surface area contributed by atoms with Gasteiger partial charge in [0.05, 0.1) is 11.3 Å². The molecule has 1 atom stereocenters. The molecule has 1 aliphatic rings. The van der Waals surface area contributed by atoms with Crippen LogP contribution in [-0.4, -0.2) is 24.2 Å². The predicted molar refractivity (Wildman–Crippen MR) is 82.2 cm³/mol. The van der Waals surface area contributed by atoms with E-state index < -0.39 is 5.97 Å². The summed E-state index contributed by atoms with van der Waals surface area (Å²) < 4.78 is 0. The van der Waals surface area contributed by atoms with Crippen molar-refractivity contribution >= 4 is 17.3 Å². The maximum Gasteiger partial charge on any atom is 0.337 e. The van der Waals surface area contributed by atoms with Gasteiger partial charge in [0, 0.05) is 18.8 Å². The van der Waals surface area contributed by atoms with Gasteiger partial charge in [-0.3, -0.25) is 0 Å². The monoisotopic (exact) mass is 276 g/mol. The van der Waals surface area contributed by atoms with Crippen molar-refractivity contribution in [1.82, 2.24) is 0 Å². The zero-order valence-electron chi connectivity index (χ0n) is 12.3. The zero-order chi connectivity index (χ0) is 14.7. The van der Waals surface area contributed by atoms with Crippen LogP contribution in [0, 0.1) is 11.8 Å². The Morgan fingerprint density at radius 2 is 2.10 bits per heavy atom. The van der Waals surface area contributed by atoms with E-state index in [4.69, 9.17) is 5.73 Å². The first-order chi connectivity index (χ1) is 9.49. The smallest absolute Gasteiger partial charge is 0.337 e. The second-order valence-corrected chi connectivity index (χ2v) is 6.00. The van der Waals surface area contributed by atoms with Gasteiger partial charge in [0.25, 0.3) is 0 Å². The van der Waals surface area contributed by atoms with Gasteiger partial charge in [-0.1, -0.05) is 13.8 Å². The van der Waals surface area contributed by atoms with Crippen LogP contribution in [0.5, 0.6) is 0 Å². The number of carboxylic acid groups (broad SMARTS) is 1. The number of hydrogen-bond donors (Lipinski definition) is 2. The first-order valence-electron chi connectivity index (χ1n) is 7.37. The van der Waals surface area contributed by atoms with Gasteiger partial charge < -0.3 is 15.7 Å². The third-order valence-corrected chi connectivity index (χ3v) is 4.31. The van der Waals surface area contributed by atoms with E-state index in [0.29, 0.717) is 17.2 Å². The third kappa shape index (κ3) is 3.24. The second-order valence-electron chi connectivity index (χ2n) is 6.00. The normalized spacial score (nSPS) is 19.9. The number of anilines is 2. The average Bonchev–Trinajstić information content (AvgIpc) is 2.64. The first-order valence-corrected chi connectivity index (χ1v) is 7.37. The lowest BCUT2D eigenvalue weighted by molar-refractivity contribution is 0.0697. The lowest BCUT2D eigenvalue weighted by Crippen LogP contribution is -2.26. The quantitative estimate of drug-likeness (QED) is 0.832. The number of nitrogens with two attached hydrogens (primary N) is 1. The minimum absolute atomic E-state index is 0.313. The average molecular weight is 276 g/mol. The van der Waals surface area contributed by atoms with Crippen molar-refractivity contribution in [2.45, 2.75) is 33.1 Å². The van der Waals surface area contributed by atoms with Crippen molar-refractivity contribution in [3.8, 4) is 0 Å². The Morgan fingerprint density at radius 3 is 2.75 bits per heavy atom. The largest absolute Gasteiger partial charge is 0.478 e. The van der Waals surface area contributed by atoms with Crippen LogP contribution in [0.1, 0.15) is 43.5 Å². The molecule has 20 heavy (non-hydrogen) atoms. The molecule has 1 aromatic carbocycles. The molecule has 0 radical (unpaired) electrons. The molecule has 110 valence electrons. The highest BCUT2D eigenvalue weighted by molar-refractivity contribution is 5.95. The van der Waals surface area contributed by atoms with E-state index in [1.807, 2.05) is 6.07 Å². The van der Waals surface area contributed by atoms with Crippen LogP contribution >= 0.6 is 0 Å². The maximum absolute atomic E-state index is 11.4. The van der Waals surface area contributed by atoms with Crippen molar-refractivity contribution in [3.05, 3.63) is 23.8 Å². The molecule has 1 aliphatic heterocycles. The molecule has 0 spiro atoms. The lowest BCUT2D eigenvalue weighted by Gasteiger charge is -2.25. The number of carboxylic acids is 1. The van der Waals surface area contributed by atoms with E-state index in [1.165, 1.54) is 6.42 Å². The van der Waals surface area contributed by atoms with Crippen molar-refractivity contribution in [2.75, 3.05) is 23.7 Å². The second kappa shape index (κ2) is 6.16. The van der Waals surface area contributed by atoms with Crippen LogP contribution in [0.15, 0.2) is 18.2 Å². The highest BCUT2D eigenvalue weighted by Crippen LogP contribution is 2.30. The Labute approximate surface area is 120 Å². The highest BCUT2D eigenvalue weighted by Gasteiger charge is 2.22. The van der Waals surface area contributed by atoms with E-state index in [2.05, 4.69) is 18.7 Å². The SMILES string of the molecule is CC(C)C1CCCN(c2ccc(N)cc2C(=O)O)CC1. The zero-order valence-corrected chi connectivity index (χ0v) is 12.3. The molecule has 3 N–H and O–H groups in total. The Morgan fingerprint density at radius 1 is 1.35 bits per heavy atom. The van der Waals surface area contributed by atoms with Gasteiger partial charge in [0.1, 0.15) is 0 Å². The molecule has 4 nitrogen and oxygen atoms in total. The third-order valence-electron chi connectivity index (χ3n) is 4.31. The number of hydrogen-bond acceptors (Lipinski definition) is 3. The van der Waals surface area contributed by atoms with Crippen LogP contribution in [0.3, 0.4) is 0 Å². The van der Waals surface area contributed by atoms with Crippen LogP contribution in [0.2, 0.25) is 0 Å². The molecule has 2 rings (SSSR count). The predicted octanol–water partition coefficient (Wildman–Crippen LogP) is 3.23. The fraction of sp³-hybridized carbons (Fsp3) is 0.562. The maximum atomic E-state index is 11.4. The minimum atomic E-state index is -0.906. The molecule has 0 aromatic heterocycles. The van der Waals surface area contributed by atoms with Gasteiger partial charge in [-0.15, -0.1) is 0 Å². The molecule has 1 aromatic rings. The number of carbonyl (C=O) groups is 1. The number of rotatable bonds is 3. The molecule has 1 saturated heterocycles. The topological polar surface area (TPSA) is 66.6 Å². The molecule has 0 bridgehead atoms. The summed E-state index contributed by atoms with van der Waals surface area (Å²) in [6.45, 7) is 6.39. The molecule has 1 heterocycles. The van der Waals surface area contributed by atoms with E-state index in [-0.39, 0.29) is 0 Å². The number of aromatic carboxylic acids is 1. The summed E-state index contributed by atoms with van der Waals surface area (Å²) in [5.74, 6) is 0.527. The Hall–Kier alpha value is -1.71. The summed E-state index contributed by atoms with van der Waals surface area (Å²) in [4.78, 5) is 13.6. The number of nitrogens with zero attached hydrogens (tertiary/aromatic N) is 1. The molecule has 1 unspecified atom stereocenters. The fourth-order valence-electron chi connectivity index (χ4n) is 3.03. The lowest BCUT2D eigenvalue weighted by atomic mass is 9.89. The highest BCUT2D eigenvalue weighted by atomic mass is 16.4. The first kappa shape index (κ1) is 14.7. The summed E-state index contributed by atoms with van der Waals surface area (Å²) in [5.41, 5.74) is 7.32. The van der Waals surface area contributed by atoms with Crippen LogP contribution in [-0.2, 0) is 0 Å². The van der Waals surface area contributed by atoms with E-state index in [9.17, 15) is 9.90 Å². The summed E-state index contributed by atoms with van der Waals surface area (Å²) in [6, 6.07) is 5.18. The van der Waals surface area contributed by atoms with Gasteiger partial charge >= 0.3 is 5.97 Å². The Bertz CT molecular complexity index is 485. The fourth-order valence-corrected chi connectivity index (χ4v) is 3.03. The van der Waals surface area contributed by atoms with Crippen LogP contribution in [0.25, 0.3) is 0 Å². The molecule has 0 aliphatic carbocycles. The number of benzene rings is 1. The molecule has 4 heteroatoms. The summed E-state index contributed by atoms with van der Waals surface area (Å²) in [7, 11) is 0.